The zero-order chi connectivity index (χ0) is 17.9. The topological polar surface area (TPSA) is 79.3 Å². The van der Waals surface area contributed by atoms with Gasteiger partial charge in [-0.05, 0) is 31.9 Å². The zero-order valence-electron chi connectivity index (χ0n) is 14.3. The van der Waals surface area contributed by atoms with Gasteiger partial charge < -0.3 is 10.4 Å². The van der Waals surface area contributed by atoms with Crippen LogP contribution >= 0.6 is 11.3 Å². The number of carbonyl (C=O) groups is 2. The summed E-state index contributed by atoms with van der Waals surface area (Å²) in [6, 6.07) is 7.22. The molecular formula is C18H22N2O3S. The van der Waals surface area contributed by atoms with Gasteiger partial charge in [-0.15, -0.1) is 11.3 Å². The van der Waals surface area contributed by atoms with Crippen LogP contribution in [-0.2, 0) is 4.79 Å². The van der Waals surface area contributed by atoms with Gasteiger partial charge >= 0.3 is 5.97 Å². The smallest absolute Gasteiger partial charge is 0.305 e. The van der Waals surface area contributed by atoms with E-state index in [1.807, 2.05) is 38.3 Å². The lowest BCUT2D eigenvalue weighted by molar-refractivity contribution is -0.138. The van der Waals surface area contributed by atoms with Gasteiger partial charge in [-0.2, -0.15) is 0 Å². The highest BCUT2D eigenvalue weighted by Gasteiger charge is 2.33. The first-order valence-corrected chi connectivity index (χ1v) is 8.66. The second-order valence-corrected chi connectivity index (χ2v) is 7.49. The normalized spacial score (nSPS) is 13.5. The van der Waals surface area contributed by atoms with Crippen molar-refractivity contribution in [1.82, 2.24) is 10.3 Å². The van der Waals surface area contributed by atoms with Crippen LogP contribution in [0, 0.1) is 12.8 Å². The summed E-state index contributed by atoms with van der Waals surface area (Å²) in [6.45, 7) is 7.50. The molecule has 0 fully saturated rings. The van der Waals surface area contributed by atoms with Crippen molar-refractivity contribution >= 4 is 23.2 Å². The van der Waals surface area contributed by atoms with Crippen molar-refractivity contribution < 1.29 is 14.7 Å². The Labute approximate surface area is 145 Å². The van der Waals surface area contributed by atoms with Crippen LogP contribution in [0.5, 0.6) is 0 Å². The van der Waals surface area contributed by atoms with Crippen LogP contribution < -0.4 is 5.32 Å². The third kappa shape index (κ3) is 4.20. The van der Waals surface area contributed by atoms with Crippen molar-refractivity contribution in [2.24, 2.45) is 5.92 Å². The van der Waals surface area contributed by atoms with E-state index < -0.39 is 11.5 Å². The van der Waals surface area contributed by atoms with Crippen molar-refractivity contribution in [3.05, 3.63) is 40.2 Å². The fraction of sp³-hybridized carbons (Fsp3) is 0.389. The summed E-state index contributed by atoms with van der Waals surface area (Å²) >= 11 is 1.56. The Morgan fingerprint density at radius 1 is 1.38 bits per heavy atom. The van der Waals surface area contributed by atoms with Gasteiger partial charge in [0.1, 0.15) is 0 Å². The van der Waals surface area contributed by atoms with Crippen LogP contribution in [0.25, 0.3) is 11.3 Å². The molecule has 5 nitrogen and oxygen atoms in total. The van der Waals surface area contributed by atoms with E-state index in [1.165, 1.54) is 0 Å². The number of carbonyl (C=O) groups excluding carboxylic acids is 1. The number of thiazole rings is 1. The number of carboxylic acids is 1. The van der Waals surface area contributed by atoms with E-state index in [9.17, 15) is 9.59 Å². The maximum Gasteiger partial charge on any atom is 0.305 e. The summed E-state index contributed by atoms with van der Waals surface area (Å²) in [5.41, 5.74) is 1.40. The molecule has 24 heavy (non-hydrogen) atoms. The van der Waals surface area contributed by atoms with Gasteiger partial charge in [0.25, 0.3) is 5.91 Å². The van der Waals surface area contributed by atoms with Crippen LogP contribution in [0.1, 0.15) is 42.6 Å². The van der Waals surface area contributed by atoms with Gasteiger partial charge in [-0.25, -0.2) is 4.98 Å². The number of aromatic nitrogens is 1. The Kier molecular flexibility index (Phi) is 5.39. The van der Waals surface area contributed by atoms with Gasteiger partial charge in [0.2, 0.25) is 0 Å². The van der Waals surface area contributed by atoms with E-state index in [0.717, 1.165) is 16.3 Å². The molecule has 1 atom stereocenters. The first kappa shape index (κ1) is 18.1. The summed E-state index contributed by atoms with van der Waals surface area (Å²) < 4.78 is 0. The SMILES string of the molecule is Cc1nc(-c2cccc(C(=O)NC(C)(CC(=O)O)C(C)C)c2)cs1. The van der Waals surface area contributed by atoms with E-state index in [1.54, 1.807) is 30.4 Å². The number of nitrogens with one attached hydrogen (secondary N) is 1. The van der Waals surface area contributed by atoms with Crippen LogP contribution in [0.4, 0.5) is 0 Å². The van der Waals surface area contributed by atoms with Gasteiger partial charge in [-0.3, -0.25) is 9.59 Å². The number of aryl methyl sites for hydroxylation is 1. The number of benzene rings is 1. The Morgan fingerprint density at radius 3 is 2.62 bits per heavy atom. The highest BCUT2D eigenvalue weighted by Crippen LogP contribution is 2.24. The Morgan fingerprint density at radius 2 is 2.08 bits per heavy atom. The predicted octanol–water partition coefficient (Wildman–Crippen LogP) is 3.74. The van der Waals surface area contributed by atoms with Crippen molar-refractivity contribution in [2.45, 2.75) is 39.7 Å². The van der Waals surface area contributed by atoms with Gasteiger partial charge in [0.15, 0.2) is 0 Å². The van der Waals surface area contributed by atoms with Crippen LogP contribution in [0.2, 0.25) is 0 Å². The zero-order valence-corrected chi connectivity index (χ0v) is 15.1. The molecule has 2 N–H and O–H groups in total. The highest BCUT2D eigenvalue weighted by atomic mass is 32.1. The van der Waals surface area contributed by atoms with Gasteiger partial charge in [-0.1, -0.05) is 26.0 Å². The van der Waals surface area contributed by atoms with E-state index in [4.69, 9.17) is 5.11 Å². The lowest BCUT2D eigenvalue weighted by Gasteiger charge is -2.33. The number of hydrogen-bond acceptors (Lipinski definition) is 4. The lowest BCUT2D eigenvalue weighted by Crippen LogP contribution is -2.51. The summed E-state index contributed by atoms with van der Waals surface area (Å²) in [4.78, 5) is 28.2. The summed E-state index contributed by atoms with van der Waals surface area (Å²) in [6.07, 6.45) is -0.124. The van der Waals surface area contributed by atoms with Crippen LogP contribution in [-0.4, -0.2) is 27.5 Å². The average molecular weight is 346 g/mol. The molecule has 2 rings (SSSR count). The van der Waals surface area contributed by atoms with Crippen LogP contribution in [0.15, 0.2) is 29.6 Å². The molecular weight excluding hydrogens is 324 g/mol. The van der Waals surface area contributed by atoms with E-state index in [2.05, 4.69) is 10.3 Å². The number of nitrogens with zero attached hydrogens (tertiary/aromatic N) is 1. The molecule has 2 aromatic rings. The molecule has 0 saturated heterocycles. The standard InChI is InChI=1S/C18H22N2O3S/c1-11(2)18(4,9-16(21)22)20-17(23)14-7-5-6-13(8-14)15-10-24-12(3)19-15/h5-8,10-11H,9H2,1-4H3,(H,20,23)(H,21,22). The Bertz CT molecular complexity index is 754. The first-order valence-electron chi connectivity index (χ1n) is 7.78. The molecule has 0 bridgehead atoms. The molecule has 1 aromatic heterocycles. The third-order valence-electron chi connectivity index (χ3n) is 4.23. The lowest BCUT2D eigenvalue weighted by atomic mass is 9.85. The maximum absolute atomic E-state index is 12.6. The number of amides is 1. The molecule has 0 radical (unpaired) electrons. The van der Waals surface area contributed by atoms with E-state index in [-0.39, 0.29) is 18.2 Å². The molecule has 1 amide bonds. The van der Waals surface area contributed by atoms with Crippen molar-refractivity contribution in [3.63, 3.8) is 0 Å². The minimum absolute atomic E-state index is 0.0121. The fourth-order valence-corrected chi connectivity index (χ4v) is 2.98. The summed E-state index contributed by atoms with van der Waals surface area (Å²) in [7, 11) is 0. The Balaban J connectivity index is 2.25. The Hall–Kier alpha value is -2.21. The molecule has 0 saturated carbocycles. The molecule has 1 heterocycles. The van der Waals surface area contributed by atoms with E-state index in [0.29, 0.717) is 5.56 Å². The first-order chi connectivity index (χ1) is 11.2. The molecule has 1 unspecified atom stereocenters. The van der Waals surface area contributed by atoms with Crippen molar-refractivity contribution in [2.75, 3.05) is 0 Å². The van der Waals surface area contributed by atoms with Crippen molar-refractivity contribution in [3.8, 4) is 11.3 Å². The van der Waals surface area contributed by atoms with Gasteiger partial charge in [0.05, 0.1) is 22.7 Å². The number of aliphatic carboxylic acids is 1. The van der Waals surface area contributed by atoms with Crippen molar-refractivity contribution in [1.29, 1.82) is 0 Å². The quantitative estimate of drug-likeness (QED) is 0.835. The van der Waals surface area contributed by atoms with Crippen LogP contribution in [0.3, 0.4) is 0 Å². The number of carboxylic acid groups (broad SMARTS) is 1. The average Bonchev–Trinajstić information content (AvgIpc) is 2.93. The van der Waals surface area contributed by atoms with E-state index >= 15 is 0 Å². The second kappa shape index (κ2) is 7.13. The summed E-state index contributed by atoms with van der Waals surface area (Å²) in [5.74, 6) is -1.22. The second-order valence-electron chi connectivity index (χ2n) is 6.43. The molecule has 0 spiro atoms. The fourth-order valence-electron chi connectivity index (χ4n) is 2.35. The minimum atomic E-state index is -0.932. The molecule has 0 aliphatic rings. The summed E-state index contributed by atoms with van der Waals surface area (Å²) in [5, 5.41) is 14.9. The number of rotatable bonds is 6. The predicted molar refractivity (Wildman–Crippen MR) is 95.2 cm³/mol. The molecule has 0 aliphatic heterocycles. The van der Waals surface area contributed by atoms with Gasteiger partial charge in [0, 0.05) is 16.5 Å². The minimum Gasteiger partial charge on any atom is -0.481 e. The molecule has 6 heteroatoms. The molecule has 1 aromatic carbocycles. The molecule has 0 aliphatic carbocycles. The highest BCUT2D eigenvalue weighted by molar-refractivity contribution is 7.09. The monoisotopic (exact) mass is 346 g/mol. The molecule has 128 valence electrons. The third-order valence-corrected chi connectivity index (χ3v) is 5.00. The number of hydrogen-bond donors (Lipinski definition) is 2. The maximum atomic E-state index is 12.6. The largest absolute Gasteiger partial charge is 0.481 e.